The summed E-state index contributed by atoms with van der Waals surface area (Å²) >= 11 is 0. The summed E-state index contributed by atoms with van der Waals surface area (Å²) in [7, 11) is 2.12. The number of amides is 1. The molecule has 1 aliphatic heterocycles. The van der Waals surface area contributed by atoms with Crippen LogP contribution >= 0.6 is 0 Å². The second-order valence-corrected chi connectivity index (χ2v) is 5.75. The van der Waals surface area contributed by atoms with Crippen LogP contribution in [-0.4, -0.2) is 49.1 Å². The maximum absolute atomic E-state index is 11.7. The second-order valence-electron chi connectivity index (χ2n) is 5.75. The molecule has 0 unspecified atom stereocenters. The number of hydrogen-bond donors (Lipinski definition) is 2. The smallest absolute Gasteiger partial charge is 0.234 e. The number of carbonyl (C=O) groups excluding carboxylic acids is 1. The molecule has 0 bridgehead atoms. The molecule has 16 heavy (non-hydrogen) atoms. The van der Waals surface area contributed by atoms with E-state index in [1.165, 1.54) is 0 Å². The first-order chi connectivity index (χ1) is 7.37. The van der Waals surface area contributed by atoms with Crippen LogP contribution in [0.2, 0.25) is 0 Å². The Kier molecular flexibility index (Phi) is 4.74. The number of piperidine rings is 1. The summed E-state index contributed by atoms with van der Waals surface area (Å²) in [6, 6.07) is 0.366. The standard InChI is InChI=1S/C12H25N3O/c1-12(2,3)13-9-11(16)14-10-5-7-15(4)8-6-10/h10,13H,5-9H2,1-4H3,(H,14,16). The molecule has 0 spiro atoms. The van der Waals surface area contributed by atoms with Gasteiger partial charge in [-0.25, -0.2) is 0 Å². The largest absolute Gasteiger partial charge is 0.352 e. The third kappa shape index (κ3) is 5.47. The van der Waals surface area contributed by atoms with Crippen LogP contribution in [0.15, 0.2) is 0 Å². The van der Waals surface area contributed by atoms with Gasteiger partial charge in [0.1, 0.15) is 0 Å². The Hall–Kier alpha value is -0.610. The van der Waals surface area contributed by atoms with Crippen molar-refractivity contribution in [3.63, 3.8) is 0 Å². The lowest BCUT2D eigenvalue weighted by molar-refractivity contribution is -0.121. The monoisotopic (exact) mass is 227 g/mol. The molecule has 0 aromatic carbocycles. The second kappa shape index (κ2) is 5.64. The van der Waals surface area contributed by atoms with E-state index in [2.05, 4.69) is 43.4 Å². The Bertz CT molecular complexity index is 227. The molecule has 2 N–H and O–H groups in total. The van der Waals surface area contributed by atoms with Crippen molar-refractivity contribution in [2.45, 2.75) is 45.2 Å². The molecule has 0 aromatic rings. The lowest BCUT2D eigenvalue weighted by Gasteiger charge is -2.30. The lowest BCUT2D eigenvalue weighted by atomic mass is 10.1. The van der Waals surface area contributed by atoms with Crippen LogP contribution in [0.3, 0.4) is 0 Å². The molecule has 1 aliphatic rings. The Morgan fingerprint density at radius 1 is 1.31 bits per heavy atom. The molecule has 0 aromatic heterocycles. The molecule has 0 aliphatic carbocycles. The van der Waals surface area contributed by atoms with Crippen molar-refractivity contribution < 1.29 is 4.79 Å². The topological polar surface area (TPSA) is 44.4 Å². The van der Waals surface area contributed by atoms with E-state index < -0.39 is 0 Å². The number of carbonyl (C=O) groups is 1. The van der Waals surface area contributed by atoms with E-state index in [4.69, 9.17) is 0 Å². The van der Waals surface area contributed by atoms with Crippen LogP contribution in [0, 0.1) is 0 Å². The quantitative estimate of drug-likeness (QED) is 0.741. The predicted molar refractivity (Wildman–Crippen MR) is 66.4 cm³/mol. The first-order valence-corrected chi connectivity index (χ1v) is 6.10. The zero-order chi connectivity index (χ0) is 12.2. The van der Waals surface area contributed by atoms with E-state index in [0.717, 1.165) is 25.9 Å². The molecule has 4 heteroatoms. The van der Waals surface area contributed by atoms with Gasteiger partial charge in [-0.3, -0.25) is 4.79 Å². The fraction of sp³-hybridized carbons (Fsp3) is 0.917. The molecule has 4 nitrogen and oxygen atoms in total. The van der Waals surface area contributed by atoms with Crippen molar-refractivity contribution in [3.05, 3.63) is 0 Å². The van der Waals surface area contributed by atoms with Gasteiger partial charge in [-0.15, -0.1) is 0 Å². The van der Waals surface area contributed by atoms with Gasteiger partial charge in [-0.2, -0.15) is 0 Å². The number of rotatable bonds is 3. The summed E-state index contributed by atoms with van der Waals surface area (Å²) in [4.78, 5) is 14.0. The van der Waals surface area contributed by atoms with E-state index in [9.17, 15) is 4.79 Å². The zero-order valence-electron chi connectivity index (χ0n) is 11.0. The highest BCUT2D eigenvalue weighted by molar-refractivity contribution is 5.78. The predicted octanol–water partition coefficient (Wildman–Crippen LogP) is 0.585. The van der Waals surface area contributed by atoms with Crippen molar-refractivity contribution in [1.29, 1.82) is 0 Å². The van der Waals surface area contributed by atoms with Gasteiger partial charge in [0, 0.05) is 11.6 Å². The molecule has 1 rings (SSSR count). The first kappa shape index (κ1) is 13.5. The van der Waals surface area contributed by atoms with Crippen molar-refractivity contribution in [1.82, 2.24) is 15.5 Å². The van der Waals surface area contributed by atoms with Crippen LogP contribution in [-0.2, 0) is 4.79 Å². The summed E-state index contributed by atoms with van der Waals surface area (Å²) in [6.45, 7) is 8.77. The van der Waals surface area contributed by atoms with Gasteiger partial charge in [-0.1, -0.05) is 0 Å². The average Bonchev–Trinajstić information content (AvgIpc) is 2.18. The maximum Gasteiger partial charge on any atom is 0.234 e. The molecule has 0 radical (unpaired) electrons. The summed E-state index contributed by atoms with van der Waals surface area (Å²) in [5, 5.41) is 6.28. The van der Waals surface area contributed by atoms with Crippen LogP contribution in [0.4, 0.5) is 0 Å². The van der Waals surface area contributed by atoms with E-state index in [0.29, 0.717) is 12.6 Å². The van der Waals surface area contributed by atoms with Gasteiger partial charge in [0.2, 0.25) is 5.91 Å². The Balaban J connectivity index is 2.19. The van der Waals surface area contributed by atoms with Crippen molar-refractivity contribution in [2.24, 2.45) is 0 Å². The van der Waals surface area contributed by atoms with Gasteiger partial charge in [0.25, 0.3) is 0 Å². The maximum atomic E-state index is 11.7. The fourth-order valence-electron chi connectivity index (χ4n) is 1.78. The van der Waals surface area contributed by atoms with Crippen LogP contribution in [0.1, 0.15) is 33.6 Å². The molecule has 1 fully saturated rings. The van der Waals surface area contributed by atoms with E-state index in [1.54, 1.807) is 0 Å². The SMILES string of the molecule is CN1CCC(NC(=O)CNC(C)(C)C)CC1. The van der Waals surface area contributed by atoms with Gasteiger partial charge in [0.15, 0.2) is 0 Å². The summed E-state index contributed by atoms with van der Waals surface area (Å²) in [5.74, 6) is 0.115. The lowest BCUT2D eigenvalue weighted by Crippen LogP contribution is -2.48. The number of nitrogens with one attached hydrogen (secondary N) is 2. The summed E-state index contributed by atoms with van der Waals surface area (Å²) < 4.78 is 0. The molecule has 94 valence electrons. The summed E-state index contributed by atoms with van der Waals surface area (Å²) in [5.41, 5.74) is 0.00409. The average molecular weight is 227 g/mol. The van der Waals surface area contributed by atoms with Crippen molar-refractivity contribution in [2.75, 3.05) is 26.7 Å². The number of nitrogens with zero attached hydrogens (tertiary/aromatic N) is 1. The number of hydrogen-bond acceptors (Lipinski definition) is 3. The van der Waals surface area contributed by atoms with Crippen LogP contribution in [0.25, 0.3) is 0 Å². The highest BCUT2D eigenvalue weighted by atomic mass is 16.2. The Morgan fingerprint density at radius 2 is 1.88 bits per heavy atom. The van der Waals surface area contributed by atoms with E-state index >= 15 is 0 Å². The van der Waals surface area contributed by atoms with Gasteiger partial charge in [-0.05, 0) is 53.8 Å². The molecule has 0 saturated carbocycles. The molecule has 1 amide bonds. The third-order valence-electron chi connectivity index (χ3n) is 2.86. The van der Waals surface area contributed by atoms with Crippen LogP contribution < -0.4 is 10.6 Å². The van der Waals surface area contributed by atoms with Crippen molar-refractivity contribution in [3.8, 4) is 0 Å². The van der Waals surface area contributed by atoms with Gasteiger partial charge in [0.05, 0.1) is 6.54 Å². The van der Waals surface area contributed by atoms with E-state index in [1.807, 2.05) is 0 Å². The molecular formula is C12H25N3O. The Morgan fingerprint density at radius 3 is 2.38 bits per heavy atom. The highest BCUT2D eigenvalue weighted by Gasteiger charge is 2.19. The summed E-state index contributed by atoms with van der Waals surface area (Å²) in [6.07, 6.45) is 2.13. The highest BCUT2D eigenvalue weighted by Crippen LogP contribution is 2.07. The molecular weight excluding hydrogens is 202 g/mol. The normalized spacial score (nSPS) is 19.8. The minimum Gasteiger partial charge on any atom is -0.352 e. The van der Waals surface area contributed by atoms with Gasteiger partial charge < -0.3 is 15.5 Å². The first-order valence-electron chi connectivity index (χ1n) is 6.10. The number of likely N-dealkylation sites (tertiary alicyclic amines) is 1. The molecule has 1 saturated heterocycles. The van der Waals surface area contributed by atoms with E-state index in [-0.39, 0.29) is 11.4 Å². The zero-order valence-corrected chi connectivity index (χ0v) is 11.0. The third-order valence-corrected chi connectivity index (χ3v) is 2.86. The molecule has 1 heterocycles. The Labute approximate surface area is 98.8 Å². The minimum absolute atomic E-state index is 0.00409. The minimum atomic E-state index is 0.00409. The van der Waals surface area contributed by atoms with Crippen molar-refractivity contribution >= 4 is 5.91 Å². The van der Waals surface area contributed by atoms with Gasteiger partial charge >= 0.3 is 0 Å². The van der Waals surface area contributed by atoms with Crippen LogP contribution in [0.5, 0.6) is 0 Å². The fourth-order valence-corrected chi connectivity index (χ4v) is 1.78. The molecule has 0 atom stereocenters.